The third kappa shape index (κ3) is 4.46. The number of aliphatic hydroxyl groups is 1. The van der Waals surface area contributed by atoms with Crippen LogP contribution in [0.4, 0.5) is 0 Å². The first-order valence-corrected chi connectivity index (χ1v) is 8.43. The van der Waals surface area contributed by atoms with E-state index in [0.29, 0.717) is 25.8 Å². The fraction of sp³-hybridized carbons (Fsp3) is 0.421. The Morgan fingerprint density at radius 2 is 2.33 bits per heavy atom. The van der Waals surface area contributed by atoms with Gasteiger partial charge in [0, 0.05) is 12.5 Å². The maximum absolute atomic E-state index is 10.2. The van der Waals surface area contributed by atoms with Crippen molar-refractivity contribution in [3.8, 4) is 5.75 Å². The molecular formula is C19H25N3O2. The Hall–Kier alpha value is -2.11. The van der Waals surface area contributed by atoms with Gasteiger partial charge in [0.15, 0.2) is 0 Å². The van der Waals surface area contributed by atoms with Gasteiger partial charge in [-0.3, -0.25) is 10.3 Å². The van der Waals surface area contributed by atoms with Crippen molar-refractivity contribution in [2.24, 2.45) is 4.99 Å². The summed E-state index contributed by atoms with van der Waals surface area (Å²) in [5, 5.41) is 13.4. The van der Waals surface area contributed by atoms with Gasteiger partial charge in [0.2, 0.25) is 0 Å². The highest BCUT2D eigenvalue weighted by atomic mass is 16.5. The van der Waals surface area contributed by atoms with Crippen molar-refractivity contribution in [1.29, 1.82) is 0 Å². The zero-order valence-corrected chi connectivity index (χ0v) is 14.1. The number of hydrogen-bond donors (Lipinski definition) is 2. The molecule has 0 saturated carbocycles. The Morgan fingerprint density at radius 3 is 3.12 bits per heavy atom. The molecule has 1 heterocycles. The highest BCUT2D eigenvalue weighted by Crippen LogP contribution is 2.27. The van der Waals surface area contributed by atoms with E-state index in [1.54, 1.807) is 0 Å². The first-order valence-electron chi connectivity index (χ1n) is 8.43. The second kappa shape index (κ2) is 8.13. The lowest BCUT2D eigenvalue weighted by Gasteiger charge is -2.29. The quantitative estimate of drug-likeness (QED) is 0.841. The summed E-state index contributed by atoms with van der Waals surface area (Å²) in [6, 6.07) is 8.13. The summed E-state index contributed by atoms with van der Waals surface area (Å²) < 4.78 is 5.80. The molecule has 5 heteroatoms. The van der Waals surface area contributed by atoms with E-state index in [9.17, 15) is 5.11 Å². The predicted molar refractivity (Wildman–Crippen MR) is 96.3 cm³/mol. The van der Waals surface area contributed by atoms with Gasteiger partial charge in [-0.1, -0.05) is 36.4 Å². The molecular weight excluding hydrogens is 302 g/mol. The van der Waals surface area contributed by atoms with Crippen LogP contribution in [-0.4, -0.2) is 48.4 Å². The molecule has 2 atom stereocenters. The van der Waals surface area contributed by atoms with Crippen LogP contribution in [0.25, 0.3) is 0 Å². The van der Waals surface area contributed by atoms with Gasteiger partial charge in [-0.2, -0.15) is 0 Å². The minimum absolute atomic E-state index is 0.271. The van der Waals surface area contributed by atoms with Gasteiger partial charge in [0.05, 0.1) is 19.2 Å². The summed E-state index contributed by atoms with van der Waals surface area (Å²) in [6.07, 6.45) is 9.01. The highest BCUT2D eigenvalue weighted by Gasteiger charge is 2.16. The maximum Gasteiger partial charge on any atom is 0.119 e. The first-order chi connectivity index (χ1) is 11.7. The molecule has 3 rings (SSSR count). The summed E-state index contributed by atoms with van der Waals surface area (Å²) in [4.78, 5) is 6.33. The van der Waals surface area contributed by atoms with E-state index >= 15 is 0 Å². The lowest BCUT2D eigenvalue weighted by atomic mass is 9.92. The van der Waals surface area contributed by atoms with Crippen LogP contribution in [0.15, 0.2) is 53.6 Å². The minimum Gasteiger partial charge on any atom is -0.491 e. The van der Waals surface area contributed by atoms with Crippen LogP contribution in [0.3, 0.4) is 0 Å². The fourth-order valence-corrected chi connectivity index (χ4v) is 2.93. The standard InChI is InChI=1S/C19H25N3O2/c1-15-21-13-20-14-22(15)11-18(23)12-24-19-9-5-8-17(10-19)16-6-3-2-4-7-16/h2-6,8-10,16,18,20,23H,7,11-14H2,1H3. The van der Waals surface area contributed by atoms with Crippen LogP contribution in [0.1, 0.15) is 24.8 Å². The van der Waals surface area contributed by atoms with Gasteiger partial charge in [0.25, 0.3) is 0 Å². The molecule has 0 radical (unpaired) electrons. The van der Waals surface area contributed by atoms with Crippen LogP contribution < -0.4 is 10.1 Å². The zero-order valence-electron chi connectivity index (χ0n) is 14.1. The number of aliphatic hydroxyl groups excluding tert-OH is 1. The van der Waals surface area contributed by atoms with Crippen LogP contribution in [0.2, 0.25) is 0 Å². The number of β-amino-alcohol motifs (C(OH)–C–C–N with tert-alkyl or cyclic N) is 1. The zero-order chi connectivity index (χ0) is 16.8. The Morgan fingerprint density at radius 1 is 1.42 bits per heavy atom. The van der Waals surface area contributed by atoms with Gasteiger partial charge >= 0.3 is 0 Å². The minimum atomic E-state index is -0.559. The molecule has 0 spiro atoms. The van der Waals surface area contributed by atoms with Crippen molar-refractivity contribution < 1.29 is 9.84 Å². The van der Waals surface area contributed by atoms with E-state index < -0.39 is 6.10 Å². The number of nitrogens with one attached hydrogen (secondary N) is 1. The lowest BCUT2D eigenvalue weighted by molar-refractivity contribution is 0.0837. The molecule has 128 valence electrons. The molecule has 2 aliphatic rings. The normalized spacial score (nSPS) is 21.5. The summed E-state index contributed by atoms with van der Waals surface area (Å²) in [5.74, 6) is 2.16. The molecule has 2 unspecified atom stereocenters. The monoisotopic (exact) mass is 327 g/mol. The molecule has 1 aromatic rings. The summed E-state index contributed by atoms with van der Waals surface area (Å²) in [6.45, 7) is 4.10. The number of rotatable bonds is 6. The number of benzene rings is 1. The average molecular weight is 327 g/mol. The molecule has 1 aliphatic heterocycles. The van der Waals surface area contributed by atoms with E-state index in [1.807, 2.05) is 24.0 Å². The molecule has 1 aromatic carbocycles. The van der Waals surface area contributed by atoms with E-state index in [2.05, 4.69) is 46.7 Å². The number of ether oxygens (including phenoxy) is 1. The molecule has 0 bridgehead atoms. The van der Waals surface area contributed by atoms with Gasteiger partial charge in [0.1, 0.15) is 18.5 Å². The van der Waals surface area contributed by atoms with Gasteiger partial charge in [-0.05, 0) is 31.0 Å². The van der Waals surface area contributed by atoms with Crippen LogP contribution in [0.5, 0.6) is 5.75 Å². The Bertz CT molecular complexity index is 639. The number of amidine groups is 1. The van der Waals surface area contributed by atoms with Crippen molar-refractivity contribution in [2.75, 3.05) is 26.5 Å². The fourth-order valence-electron chi connectivity index (χ4n) is 2.93. The van der Waals surface area contributed by atoms with Gasteiger partial charge < -0.3 is 14.7 Å². The largest absolute Gasteiger partial charge is 0.491 e. The number of aliphatic imine (C=N–C) groups is 1. The molecule has 24 heavy (non-hydrogen) atoms. The van der Waals surface area contributed by atoms with Crippen molar-refractivity contribution in [1.82, 2.24) is 10.2 Å². The Balaban J connectivity index is 1.52. The van der Waals surface area contributed by atoms with Crippen LogP contribution in [-0.2, 0) is 0 Å². The third-order valence-electron chi connectivity index (χ3n) is 4.32. The maximum atomic E-state index is 10.2. The first kappa shape index (κ1) is 16.7. The van der Waals surface area contributed by atoms with E-state index in [4.69, 9.17) is 4.74 Å². The number of allylic oxidation sites excluding steroid dienone is 4. The third-order valence-corrected chi connectivity index (χ3v) is 4.32. The summed E-state index contributed by atoms with van der Waals surface area (Å²) >= 11 is 0. The van der Waals surface area contributed by atoms with Crippen LogP contribution >= 0.6 is 0 Å². The lowest BCUT2D eigenvalue weighted by Crippen LogP contribution is -2.46. The van der Waals surface area contributed by atoms with E-state index in [0.717, 1.165) is 18.0 Å². The van der Waals surface area contributed by atoms with Crippen molar-refractivity contribution in [3.63, 3.8) is 0 Å². The molecule has 0 saturated heterocycles. The van der Waals surface area contributed by atoms with Crippen molar-refractivity contribution in [3.05, 3.63) is 54.1 Å². The summed E-state index contributed by atoms with van der Waals surface area (Å²) in [7, 11) is 0. The molecule has 0 amide bonds. The smallest absolute Gasteiger partial charge is 0.119 e. The number of hydrogen-bond acceptors (Lipinski definition) is 5. The molecule has 0 fully saturated rings. The second-order valence-corrected chi connectivity index (χ2v) is 6.19. The van der Waals surface area contributed by atoms with E-state index in [-0.39, 0.29) is 6.61 Å². The molecule has 0 aromatic heterocycles. The van der Waals surface area contributed by atoms with Crippen LogP contribution in [0, 0.1) is 0 Å². The molecule has 1 aliphatic carbocycles. The van der Waals surface area contributed by atoms with Crippen molar-refractivity contribution >= 4 is 5.84 Å². The molecule has 5 nitrogen and oxygen atoms in total. The van der Waals surface area contributed by atoms with Gasteiger partial charge in [-0.25, -0.2) is 0 Å². The van der Waals surface area contributed by atoms with Crippen molar-refractivity contribution in [2.45, 2.75) is 25.4 Å². The number of nitrogens with zero attached hydrogens (tertiary/aromatic N) is 2. The summed E-state index contributed by atoms with van der Waals surface area (Å²) in [5.41, 5.74) is 1.24. The second-order valence-electron chi connectivity index (χ2n) is 6.19. The Kier molecular flexibility index (Phi) is 5.67. The average Bonchev–Trinajstić information content (AvgIpc) is 2.63. The Labute approximate surface area is 143 Å². The highest BCUT2D eigenvalue weighted by molar-refractivity contribution is 5.80. The SMILES string of the molecule is CC1=NCNCN1CC(O)COc1cccc(C2C=CC=CC2)c1. The van der Waals surface area contributed by atoms with Gasteiger partial charge in [-0.15, -0.1) is 0 Å². The molecule has 2 N–H and O–H groups in total. The predicted octanol–water partition coefficient (Wildman–Crippen LogP) is 2.26. The topological polar surface area (TPSA) is 57.1 Å². The van der Waals surface area contributed by atoms with E-state index in [1.165, 1.54) is 5.56 Å².